The highest BCUT2D eigenvalue weighted by Gasteiger charge is 2.44. The molecule has 1 aromatic carbocycles. The van der Waals surface area contributed by atoms with Crippen molar-refractivity contribution < 1.29 is 23.8 Å². The molecule has 8 heteroatoms. The van der Waals surface area contributed by atoms with Gasteiger partial charge in [0.15, 0.2) is 0 Å². The molecule has 1 saturated heterocycles. The summed E-state index contributed by atoms with van der Waals surface area (Å²) in [4.78, 5) is 35.1. The van der Waals surface area contributed by atoms with Crippen LogP contribution in [0.15, 0.2) is 12.1 Å². The van der Waals surface area contributed by atoms with Crippen LogP contribution < -0.4 is 0 Å². The van der Waals surface area contributed by atoms with Crippen LogP contribution in [-0.4, -0.2) is 58.7 Å². The number of benzene rings is 1. The van der Waals surface area contributed by atoms with Crippen LogP contribution in [0.2, 0.25) is 0 Å². The van der Waals surface area contributed by atoms with E-state index in [1.807, 2.05) is 0 Å². The summed E-state index contributed by atoms with van der Waals surface area (Å²) in [5, 5.41) is 9.67. The number of likely N-dealkylation sites (tertiary alicyclic amines) is 1. The first-order chi connectivity index (χ1) is 12.8. The van der Waals surface area contributed by atoms with Crippen molar-refractivity contribution in [2.75, 3.05) is 26.8 Å². The molecule has 0 radical (unpaired) electrons. The van der Waals surface area contributed by atoms with Gasteiger partial charge in [0.05, 0.1) is 29.1 Å². The van der Waals surface area contributed by atoms with Crippen LogP contribution in [0.5, 0.6) is 0 Å². The molecule has 1 atom stereocenters. The Morgan fingerprint density at radius 3 is 2.67 bits per heavy atom. The number of halogens is 1. The van der Waals surface area contributed by atoms with Gasteiger partial charge in [-0.3, -0.25) is 9.59 Å². The number of hydrogen-bond donors (Lipinski definition) is 1. The van der Waals surface area contributed by atoms with E-state index in [0.717, 1.165) is 6.07 Å². The fraction of sp³-hybridized carbons (Fsp3) is 0.474. The molecule has 1 amide bonds. The van der Waals surface area contributed by atoms with Crippen LogP contribution in [0.4, 0.5) is 4.39 Å². The van der Waals surface area contributed by atoms with Crippen molar-refractivity contribution in [3.8, 4) is 0 Å². The third-order valence-corrected chi connectivity index (χ3v) is 5.11. The van der Waals surface area contributed by atoms with Crippen molar-refractivity contribution in [1.82, 2.24) is 14.9 Å². The Bertz CT molecular complexity index is 913. The lowest BCUT2D eigenvalue weighted by atomic mass is 9.80. The van der Waals surface area contributed by atoms with Crippen molar-refractivity contribution in [1.29, 1.82) is 0 Å². The second kappa shape index (κ2) is 7.19. The first-order valence-electron chi connectivity index (χ1n) is 8.73. The first-order valence-corrected chi connectivity index (χ1v) is 8.73. The third-order valence-electron chi connectivity index (χ3n) is 5.11. The van der Waals surface area contributed by atoms with Crippen molar-refractivity contribution in [3.05, 3.63) is 34.9 Å². The van der Waals surface area contributed by atoms with E-state index in [9.17, 15) is 19.1 Å². The maximum absolute atomic E-state index is 14.1. The monoisotopic (exact) mass is 375 g/mol. The van der Waals surface area contributed by atoms with Crippen LogP contribution >= 0.6 is 0 Å². The van der Waals surface area contributed by atoms with Gasteiger partial charge < -0.3 is 14.7 Å². The molecule has 144 valence electrons. The van der Waals surface area contributed by atoms with Gasteiger partial charge in [-0.2, -0.15) is 0 Å². The Hall–Kier alpha value is -2.61. The quantitative estimate of drug-likeness (QED) is 0.882. The molecule has 1 fully saturated rings. The van der Waals surface area contributed by atoms with E-state index in [0.29, 0.717) is 41.8 Å². The molecule has 0 aliphatic carbocycles. The summed E-state index contributed by atoms with van der Waals surface area (Å²) in [6.07, 6.45) is 0.945. The minimum atomic E-state index is -1.16. The molecule has 0 spiro atoms. The molecule has 0 bridgehead atoms. The summed E-state index contributed by atoms with van der Waals surface area (Å²) in [5.41, 5.74) is 0.876. The van der Waals surface area contributed by atoms with Gasteiger partial charge in [-0.05, 0) is 32.8 Å². The van der Waals surface area contributed by atoms with E-state index in [2.05, 4.69) is 9.97 Å². The van der Waals surface area contributed by atoms with E-state index in [-0.39, 0.29) is 18.7 Å². The average molecular weight is 375 g/mol. The molecule has 3 rings (SSSR count). The maximum atomic E-state index is 14.1. The first kappa shape index (κ1) is 19.2. The number of hydrogen-bond acceptors (Lipinski definition) is 5. The molecular weight excluding hydrogens is 353 g/mol. The topological polar surface area (TPSA) is 92.6 Å². The van der Waals surface area contributed by atoms with Gasteiger partial charge in [-0.15, -0.1) is 0 Å². The number of carboxylic acid groups (broad SMARTS) is 1. The largest absolute Gasteiger partial charge is 0.481 e. The number of aryl methyl sites for hydroxylation is 2. The van der Waals surface area contributed by atoms with Gasteiger partial charge in [0.25, 0.3) is 5.91 Å². The number of carbonyl (C=O) groups excluding carboxylic acids is 1. The fourth-order valence-electron chi connectivity index (χ4n) is 3.57. The van der Waals surface area contributed by atoms with E-state index < -0.39 is 23.1 Å². The fourth-order valence-corrected chi connectivity index (χ4v) is 3.57. The van der Waals surface area contributed by atoms with Gasteiger partial charge in [-0.25, -0.2) is 14.4 Å². The van der Waals surface area contributed by atoms with E-state index in [1.165, 1.54) is 18.1 Å². The number of nitrogens with zero attached hydrogens (tertiary/aromatic N) is 3. The molecule has 0 saturated carbocycles. The summed E-state index contributed by atoms with van der Waals surface area (Å²) < 4.78 is 19.2. The zero-order valence-electron chi connectivity index (χ0n) is 15.6. The normalized spacial score (nSPS) is 20.1. The Kier molecular flexibility index (Phi) is 5.10. The minimum Gasteiger partial charge on any atom is -0.481 e. The van der Waals surface area contributed by atoms with Gasteiger partial charge in [0.2, 0.25) is 0 Å². The summed E-state index contributed by atoms with van der Waals surface area (Å²) in [6.45, 7) is 3.95. The molecule has 1 aliphatic heterocycles. The van der Waals surface area contributed by atoms with Crippen LogP contribution in [0.1, 0.15) is 34.6 Å². The van der Waals surface area contributed by atoms with Crippen molar-refractivity contribution in [2.24, 2.45) is 5.41 Å². The molecular formula is C19H22FN3O4. The van der Waals surface area contributed by atoms with Gasteiger partial charge >= 0.3 is 5.97 Å². The van der Waals surface area contributed by atoms with Gasteiger partial charge in [0.1, 0.15) is 16.7 Å². The van der Waals surface area contributed by atoms with Gasteiger partial charge in [-0.1, -0.05) is 0 Å². The van der Waals surface area contributed by atoms with Gasteiger partial charge in [0, 0.05) is 26.3 Å². The van der Waals surface area contributed by atoms with Crippen LogP contribution in [-0.2, 0) is 9.53 Å². The number of piperidine rings is 1. The highest BCUT2D eigenvalue weighted by molar-refractivity contribution is 6.05. The third kappa shape index (κ3) is 3.49. The molecule has 1 N–H and O–H groups in total. The summed E-state index contributed by atoms with van der Waals surface area (Å²) >= 11 is 0. The summed E-state index contributed by atoms with van der Waals surface area (Å²) in [7, 11) is 1.44. The second-order valence-electron chi connectivity index (χ2n) is 7.06. The lowest BCUT2D eigenvalue weighted by Gasteiger charge is -2.39. The number of aliphatic carboxylic acids is 1. The molecule has 27 heavy (non-hydrogen) atoms. The summed E-state index contributed by atoms with van der Waals surface area (Å²) in [6, 6.07) is 2.38. The zero-order chi connectivity index (χ0) is 19.8. The molecule has 7 nitrogen and oxygen atoms in total. The van der Waals surface area contributed by atoms with Crippen LogP contribution in [0.3, 0.4) is 0 Å². The second-order valence-corrected chi connectivity index (χ2v) is 7.06. The van der Waals surface area contributed by atoms with E-state index in [4.69, 9.17) is 4.74 Å². The molecule has 2 aromatic rings. The average Bonchev–Trinajstić information content (AvgIpc) is 2.62. The lowest BCUT2D eigenvalue weighted by Crippen LogP contribution is -2.52. The number of amides is 1. The Balaban J connectivity index is 2.03. The number of aromatic nitrogens is 2. The van der Waals surface area contributed by atoms with Crippen molar-refractivity contribution in [3.63, 3.8) is 0 Å². The predicted molar refractivity (Wildman–Crippen MR) is 96.1 cm³/mol. The highest BCUT2D eigenvalue weighted by Crippen LogP contribution is 2.32. The molecule has 1 aromatic heterocycles. The predicted octanol–water partition coefficient (Wildman–Crippen LogP) is 2.34. The number of carbonyl (C=O) groups is 2. The van der Waals surface area contributed by atoms with E-state index >= 15 is 0 Å². The van der Waals surface area contributed by atoms with Crippen LogP contribution in [0, 0.1) is 25.1 Å². The van der Waals surface area contributed by atoms with Crippen molar-refractivity contribution >= 4 is 22.9 Å². The number of carboxylic acids is 1. The zero-order valence-corrected chi connectivity index (χ0v) is 15.6. The molecule has 1 unspecified atom stereocenters. The standard InChI is InChI=1S/C19H22FN3O4/c1-11-12(2)22-16-14(7-13(20)8-15(16)21-11)17(24)23-6-4-5-19(9-23,10-27-3)18(25)26/h7-8H,4-6,9-10H2,1-3H3,(H,25,26). The summed E-state index contributed by atoms with van der Waals surface area (Å²) in [5.74, 6) is -2.03. The van der Waals surface area contributed by atoms with E-state index in [1.54, 1.807) is 13.8 Å². The Morgan fingerprint density at radius 1 is 1.30 bits per heavy atom. The minimum absolute atomic E-state index is 0.00524. The number of rotatable bonds is 4. The number of methoxy groups -OCH3 is 1. The lowest BCUT2D eigenvalue weighted by molar-refractivity contribution is -0.155. The number of ether oxygens (including phenoxy) is 1. The Morgan fingerprint density at radius 2 is 2.00 bits per heavy atom. The Labute approximate surface area is 156 Å². The molecule has 2 heterocycles. The SMILES string of the molecule is COCC1(C(=O)O)CCCN(C(=O)c2cc(F)cc3nc(C)c(C)nc23)C1. The van der Waals surface area contributed by atoms with Crippen LogP contribution in [0.25, 0.3) is 11.0 Å². The molecule has 1 aliphatic rings. The highest BCUT2D eigenvalue weighted by atomic mass is 19.1. The van der Waals surface area contributed by atoms with Crippen molar-refractivity contribution in [2.45, 2.75) is 26.7 Å². The number of fused-ring (bicyclic) bond motifs is 1. The smallest absolute Gasteiger partial charge is 0.313 e. The maximum Gasteiger partial charge on any atom is 0.313 e.